The van der Waals surface area contributed by atoms with E-state index in [1.54, 1.807) is 13.8 Å². The quantitative estimate of drug-likeness (QED) is 0.273. The zero-order chi connectivity index (χ0) is 27.7. The fourth-order valence-electron chi connectivity index (χ4n) is 4.58. The summed E-state index contributed by atoms with van der Waals surface area (Å²) in [4.78, 5) is 4.31. The van der Waals surface area contributed by atoms with Crippen molar-refractivity contribution >= 4 is 5.71 Å². The van der Waals surface area contributed by atoms with Crippen molar-refractivity contribution in [3.8, 4) is 0 Å². The number of piperidine rings is 1. The Hall–Kier alpha value is -3.29. The van der Waals surface area contributed by atoms with Crippen molar-refractivity contribution in [2.45, 2.75) is 85.6 Å². The number of aliphatic hydroxyl groups is 1. The highest BCUT2D eigenvalue weighted by Crippen LogP contribution is 2.21. The summed E-state index contributed by atoms with van der Waals surface area (Å²) in [6.45, 7) is 13.1. The Labute approximate surface area is 226 Å². The number of fused-ring (bicyclic) bond motifs is 1. The molecule has 1 saturated heterocycles. The van der Waals surface area contributed by atoms with Gasteiger partial charge in [-0.05, 0) is 101 Å². The molecule has 3 unspecified atom stereocenters. The van der Waals surface area contributed by atoms with Gasteiger partial charge in [0.2, 0.25) is 0 Å². The minimum absolute atomic E-state index is 0.169. The number of aromatic nitrogens is 1. The first-order valence-electron chi connectivity index (χ1n) is 13.4. The van der Waals surface area contributed by atoms with Crippen molar-refractivity contribution in [3.05, 3.63) is 99.9 Å². The van der Waals surface area contributed by atoms with E-state index in [1.807, 2.05) is 19.2 Å². The average molecular weight is 520 g/mol. The lowest BCUT2D eigenvalue weighted by molar-refractivity contribution is 0.272. The molecule has 0 spiro atoms. The van der Waals surface area contributed by atoms with Gasteiger partial charge in [0.25, 0.3) is 0 Å². The topological polar surface area (TPSA) is 81.6 Å². The van der Waals surface area contributed by atoms with Crippen LogP contribution in [0.25, 0.3) is 0 Å². The molecule has 204 valence electrons. The molecule has 0 aliphatic carbocycles. The van der Waals surface area contributed by atoms with Crippen molar-refractivity contribution in [1.29, 1.82) is 0 Å². The molecule has 0 bridgehead atoms. The highest BCUT2D eigenvalue weighted by molar-refractivity contribution is 6.14. The third kappa shape index (κ3) is 8.64. The smallest absolute Gasteiger partial charge is 0.121 e. The fraction of sp³-hybridized carbons (Fsp3) is 0.419. The molecular formula is C31H42FN5O. The first kappa shape index (κ1) is 29.3. The molecule has 1 aromatic heterocycles. The van der Waals surface area contributed by atoms with Crippen LogP contribution in [0.2, 0.25) is 0 Å². The molecule has 1 aromatic carbocycles. The van der Waals surface area contributed by atoms with Gasteiger partial charge in [0.15, 0.2) is 0 Å². The third-order valence-corrected chi connectivity index (χ3v) is 6.75. The second kappa shape index (κ2) is 14.0. The van der Waals surface area contributed by atoms with Crippen LogP contribution in [0.4, 0.5) is 4.39 Å². The minimum Gasteiger partial charge on any atom is -0.513 e. The number of benzene rings is 1. The number of hydrogen-bond donors (Lipinski definition) is 4. The highest BCUT2D eigenvalue weighted by atomic mass is 19.1. The predicted octanol–water partition coefficient (Wildman–Crippen LogP) is 6.13. The molecule has 2 aliphatic heterocycles. The van der Waals surface area contributed by atoms with E-state index in [-0.39, 0.29) is 11.6 Å². The van der Waals surface area contributed by atoms with Gasteiger partial charge in [0, 0.05) is 47.7 Å². The van der Waals surface area contributed by atoms with E-state index >= 15 is 0 Å². The van der Waals surface area contributed by atoms with E-state index in [1.165, 1.54) is 54.7 Å². The van der Waals surface area contributed by atoms with Crippen LogP contribution in [-0.2, 0) is 13.1 Å². The normalized spacial score (nSPS) is 21.1. The molecule has 0 radical (unpaired) electrons. The van der Waals surface area contributed by atoms with Gasteiger partial charge in [-0.1, -0.05) is 18.2 Å². The van der Waals surface area contributed by atoms with Crippen LogP contribution in [-0.4, -0.2) is 33.9 Å². The number of hydrogen-bond acceptors (Lipinski definition) is 6. The predicted molar refractivity (Wildman–Crippen MR) is 155 cm³/mol. The van der Waals surface area contributed by atoms with Gasteiger partial charge in [-0.25, -0.2) is 4.39 Å². The number of nitrogens with zero attached hydrogens (tertiary/aromatic N) is 2. The number of pyridine rings is 1. The van der Waals surface area contributed by atoms with Gasteiger partial charge >= 0.3 is 0 Å². The van der Waals surface area contributed by atoms with Gasteiger partial charge in [0.1, 0.15) is 5.83 Å². The summed E-state index contributed by atoms with van der Waals surface area (Å²) in [5, 5.41) is 20.7. The molecule has 2 aromatic rings. The minimum atomic E-state index is -0.262. The van der Waals surface area contributed by atoms with E-state index < -0.39 is 0 Å². The number of aryl methyl sites for hydroxylation is 1. The Bertz CT molecular complexity index is 1210. The van der Waals surface area contributed by atoms with Crippen LogP contribution in [0.3, 0.4) is 0 Å². The number of halogens is 1. The first-order chi connectivity index (χ1) is 18.1. The van der Waals surface area contributed by atoms with Gasteiger partial charge in [-0.15, -0.1) is 0 Å². The fourth-order valence-corrected chi connectivity index (χ4v) is 4.58. The van der Waals surface area contributed by atoms with Crippen molar-refractivity contribution < 1.29 is 9.50 Å². The molecule has 6 nitrogen and oxygen atoms in total. The maximum absolute atomic E-state index is 12.7. The van der Waals surface area contributed by atoms with Crippen molar-refractivity contribution in [3.63, 3.8) is 0 Å². The van der Waals surface area contributed by atoms with E-state index in [4.69, 9.17) is 5.11 Å². The van der Waals surface area contributed by atoms with Crippen LogP contribution in [0, 0.1) is 6.92 Å². The molecule has 1 fully saturated rings. The molecule has 4 rings (SSSR count). The summed E-state index contributed by atoms with van der Waals surface area (Å²) in [6.07, 6.45) is 8.53. The summed E-state index contributed by atoms with van der Waals surface area (Å²) in [6, 6.07) is 12.5. The lowest BCUT2D eigenvalue weighted by Gasteiger charge is -2.34. The van der Waals surface area contributed by atoms with Gasteiger partial charge < -0.3 is 21.2 Å². The van der Waals surface area contributed by atoms with Gasteiger partial charge in [-0.3, -0.25) is 4.98 Å². The summed E-state index contributed by atoms with van der Waals surface area (Å²) in [5.41, 5.74) is 10.7. The van der Waals surface area contributed by atoms with Crippen LogP contribution >= 0.6 is 0 Å². The molecular weight excluding hydrogens is 477 g/mol. The number of aliphatic hydroxyl groups excluding tert-OH is 1. The molecule has 3 atom stereocenters. The SMILES string of the molecule is CC(C)=C(F)/C=C\C=C(/C)O.Cc1cc(C2=NNCc3ccc(CNC4CCC(C)NC4C)cc32)ccn1. The van der Waals surface area contributed by atoms with E-state index in [9.17, 15) is 4.39 Å². The lowest BCUT2D eigenvalue weighted by Crippen LogP contribution is -2.53. The maximum Gasteiger partial charge on any atom is 0.121 e. The number of nitrogens with one attached hydrogen (secondary N) is 3. The summed E-state index contributed by atoms with van der Waals surface area (Å²) < 4.78 is 12.7. The molecule has 0 saturated carbocycles. The Morgan fingerprint density at radius 1 is 1.16 bits per heavy atom. The molecule has 3 heterocycles. The first-order valence-corrected chi connectivity index (χ1v) is 13.4. The van der Waals surface area contributed by atoms with Crippen molar-refractivity contribution in [1.82, 2.24) is 21.0 Å². The Morgan fingerprint density at radius 2 is 1.95 bits per heavy atom. The molecule has 0 amide bonds. The van der Waals surface area contributed by atoms with Crippen LogP contribution in [0.1, 0.15) is 75.4 Å². The van der Waals surface area contributed by atoms with Gasteiger partial charge in [-0.2, -0.15) is 5.10 Å². The number of hydrazone groups is 1. The largest absolute Gasteiger partial charge is 0.513 e. The molecule has 2 aliphatic rings. The van der Waals surface area contributed by atoms with Crippen LogP contribution < -0.4 is 16.1 Å². The van der Waals surface area contributed by atoms with E-state index in [0.29, 0.717) is 23.7 Å². The molecule has 4 N–H and O–H groups in total. The maximum atomic E-state index is 12.7. The summed E-state index contributed by atoms with van der Waals surface area (Å²) in [7, 11) is 0. The standard InChI is InChI=1S/C22H29N5.C9H13FO/c1-14-4-7-21(16(3)26-14)24-12-17-5-6-19-13-25-27-22(20(19)11-17)18-8-9-23-15(2)10-18;1-7(2)9(10)6-4-5-8(3)11/h5-6,8-11,14,16,21,24-26H,4,7,12-13H2,1-3H3;4-6,11H,1-3H3/b;6-4-,8-5+. The summed E-state index contributed by atoms with van der Waals surface area (Å²) in [5.74, 6) is -0.0923. The van der Waals surface area contributed by atoms with Gasteiger partial charge in [0.05, 0.1) is 18.0 Å². The second-order valence-corrected chi connectivity index (χ2v) is 10.4. The molecule has 38 heavy (non-hydrogen) atoms. The monoisotopic (exact) mass is 519 g/mol. The van der Waals surface area contributed by atoms with Crippen molar-refractivity contribution in [2.24, 2.45) is 5.10 Å². The Kier molecular flexibility index (Phi) is 10.8. The average Bonchev–Trinajstić information content (AvgIpc) is 2.88. The molecule has 7 heteroatoms. The second-order valence-electron chi connectivity index (χ2n) is 10.4. The Morgan fingerprint density at radius 3 is 2.63 bits per heavy atom. The zero-order valence-electron chi connectivity index (χ0n) is 23.5. The van der Waals surface area contributed by atoms with Crippen molar-refractivity contribution in [2.75, 3.05) is 0 Å². The Balaban J connectivity index is 0.000000310. The van der Waals surface area contributed by atoms with E-state index in [2.05, 4.69) is 64.3 Å². The van der Waals surface area contributed by atoms with E-state index in [0.717, 1.165) is 30.1 Å². The van der Waals surface area contributed by atoms with Crippen LogP contribution in [0.15, 0.2) is 77.0 Å². The number of rotatable bonds is 6. The number of allylic oxidation sites excluding steroid dienone is 6. The zero-order valence-corrected chi connectivity index (χ0v) is 23.5. The summed E-state index contributed by atoms with van der Waals surface area (Å²) >= 11 is 0. The van der Waals surface area contributed by atoms with Crippen LogP contribution in [0.5, 0.6) is 0 Å². The highest BCUT2D eigenvalue weighted by Gasteiger charge is 2.24. The third-order valence-electron chi connectivity index (χ3n) is 6.75. The lowest BCUT2D eigenvalue weighted by atomic mass is 9.93.